The van der Waals surface area contributed by atoms with E-state index in [-0.39, 0.29) is 22.4 Å². The molecule has 0 unspecified atom stereocenters. The van der Waals surface area contributed by atoms with E-state index < -0.39 is 11.7 Å². The summed E-state index contributed by atoms with van der Waals surface area (Å²) in [5, 5.41) is 9.44. The van der Waals surface area contributed by atoms with Gasteiger partial charge >= 0.3 is 6.18 Å². The van der Waals surface area contributed by atoms with Crippen LogP contribution in [0.5, 0.6) is 0 Å². The summed E-state index contributed by atoms with van der Waals surface area (Å²) >= 11 is 6.07. The summed E-state index contributed by atoms with van der Waals surface area (Å²) in [6.45, 7) is 7.38. The lowest BCUT2D eigenvalue weighted by Crippen LogP contribution is -2.39. The van der Waals surface area contributed by atoms with E-state index in [0.29, 0.717) is 18.7 Å². The van der Waals surface area contributed by atoms with Crippen molar-refractivity contribution < 1.29 is 13.2 Å². The van der Waals surface area contributed by atoms with Gasteiger partial charge in [0, 0.05) is 29.6 Å². The summed E-state index contributed by atoms with van der Waals surface area (Å²) in [4.78, 5) is 2.17. The highest BCUT2D eigenvalue weighted by atomic mass is 35.5. The normalized spacial score (nSPS) is 23.5. The molecule has 2 rings (SSSR count). The van der Waals surface area contributed by atoms with E-state index in [0.717, 1.165) is 12.1 Å². The molecule has 2 atom stereocenters. The summed E-state index contributed by atoms with van der Waals surface area (Å²) < 4.78 is 38.2. The van der Waals surface area contributed by atoms with Crippen LogP contribution in [0.3, 0.4) is 0 Å². The van der Waals surface area contributed by atoms with Crippen LogP contribution in [0.2, 0.25) is 5.02 Å². The van der Waals surface area contributed by atoms with Crippen molar-refractivity contribution in [2.75, 3.05) is 13.1 Å². The quantitative estimate of drug-likeness (QED) is 0.746. The molecule has 0 spiro atoms. The van der Waals surface area contributed by atoms with Gasteiger partial charge in [-0.25, -0.2) is 0 Å². The number of halogens is 4. The molecule has 0 aliphatic carbocycles. The van der Waals surface area contributed by atoms with Gasteiger partial charge in [-0.3, -0.25) is 4.90 Å². The minimum atomic E-state index is -4.41. The molecule has 0 bridgehead atoms. The van der Waals surface area contributed by atoms with Crippen LogP contribution in [0.25, 0.3) is 0 Å². The van der Waals surface area contributed by atoms with Crippen molar-refractivity contribution in [3.63, 3.8) is 0 Å². The Balaban J connectivity index is 2.33. The third kappa shape index (κ3) is 3.39. The van der Waals surface area contributed by atoms with Gasteiger partial charge in [0.1, 0.15) is 0 Å². The van der Waals surface area contributed by atoms with Crippen LogP contribution in [0, 0.1) is 17.2 Å². The molecule has 1 aromatic rings. The Bertz CT molecular complexity index is 599. The minimum absolute atomic E-state index is 0.0795. The fourth-order valence-electron chi connectivity index (χ4n) is 2.80. The van der Waals surface area contributed by atoms with Crippen molar-refractivity contribution in [2.24, 2.45) is 5.92 Å². The first kappa shape index (κ1) is 17.1. The molecule has 1 aromatic carbocycles. The van der Waals surface area contributed by atoms with Crippen LogP contribution >= 0.6 is 11.6 Å². The monoisotopic (exact) mass is 330 g/mol. The van der Waals surface area contributed by atoms with E-state index in [4.69, 9.17) is 11.6 Å². The topological polar surface area (TPSA) is 27.0 Å². The molecule has 0 radical (unpaired) electrons. The third-order valence-electron chi connectivity index (χ3n) is 4.16. The summed E-state index contributed by atoms with van der Waals surface area (Å²) in [5.41, 5.74) is -0.240. The zero-order chi connectivity index (χ0) is 16.7. The van der Waals surface area contributed by atoms with Gasteiger partial charge in [-0.2, -0.15) is 18.4 Å². The molecule has 1 aliphatic rings. The Morgan fingerprint density at radius 2 is 1.86 bits per heavy atom. The maximum Gasteiger partial charge on any atom is 0.416 e. The van der Waals surface area contributed by atoms with Crippen molar-refractivity contribution in [2.45, 2.75) is 38.4 Å². The van der Waals surface area contributed by atoms with Gasteiger partial charge in [0.05, 0.1) is 17.6 Å². The minimum Gasteiger partial charge on any atom is -0.297 e. The average Bonchev–Trinajstić information content (AvgIpc) is 2.81. The molecule has 0 N–H and O–H groups in total. The first-order valence-electron chi connectivity index (χ1n) is 7.05. The van der Waals surface area contributed by atoms with Gasteiger partial charge in [0.15, 0.2) is 0 Å². The molecule has 0 amide bonds. The number of likely N-dealkylation sites (tertiary alicyclic amines) is 1. The molecule has 1 fully saturated rings. The molecule has 1 saturated heterocycles. The van der Waals surface area contributed by atoms with Gasteiger partial charge in [-0.15, -0.1) is 0 Å². The first-order valence-corrected chi connectivity index (χ1v) is 7.43. The van der Waals surface area contributed by atoms with Gasteiger partial charge < -0.3 is 0 Å². The molecular formula is C16H18ClF3N2. The van der Waals surface area contributed by atoms with E-state index in [2.05, 4.69) is 31.7 Å². The predicted octanol–water partition coefficient (Wildman–Crippen LogP) is 4.70. The molecule has 1 heterocycles. The molecule has 2 nitrogen and oxygen atoms in total. The number of alkyl halides is 3. The number of benzene rings is 1. The summed E-state index contributed by atoms with van der Waals surface area (Å²) in [6, 6.07) is 5.66. The van der Waals surface area contributed by atoms with E-state index in [1.54, 1.807) is 0 Å². The number of nitriles is 1. The van der Waals surface area contributed by atoms with Crippen LogP contribution in [0.15, 0.2) is 18.2 Å². The number of hydrogen-bond donors (Lipinski definition) is 0. The number of hydrogen-bond acceptors (Lipinski definition) is 2. The highest BCUT2D eigenvalue weighted by Crippen LogP contribution is 2.40. The molecular weight excluding hydrogens is 313 g/mol. The van der Waals surface area contributed by atoms with Gasteiger partial charge in [-0.05, 0) is 38.5 Å². The maximum atomic E-state index is 12.7. The second-order valence-electron chi connectivity index (χ2n) is 6.65. The van der Waals surface area contributed by atoms with Crippen molar-refractivity contribution >= 4 is 11.6 Å². The van der Waals surface area contributed by atoms with Gasteiger partial charge in [0.25, 0.3) is 0 Å². The van der Waals surface area contributed by atoms with Crippen molar-refractivity contribution in [3.8, 4) is 6.07 Å². The van der Waals surface area contributed by atoms with Gasteiger partial charge in [-0.1, -0.05) is 17.7 Å². The highest BCUT2D eigenvalue weighted by molar-refractivity contribution is 6.31. The molecule has 22 heavy (non-hydrogen) atoms. The molecule has 6 heteroatoms. The standard InChI is InChI=1S/C16H18ClF3N2/c1-15(2,3)22-8-10(7-21)13(9-22)12-5-4-11(6-14(12)17)16(18,19)20/h4-6,10,13H,8-9H2,1-3H3/t10-,13-/m1/s1. The lowest BCUT2D eigenvalue weighted by atomic mass is 9.89. The zero-order valence-corrected chi connectivity index (χ0v) is 13.5. The van der Waals surface area contributed by atoms with Crippen LogP contribution in [-0.2, 0) is 6.18 Å². The Hall–Kier alpha value is -1.25. The number of rotatable bonds is 1. The second-order valence-corrected chi connectivity index (χ2v) is 7.06. The summed E-state index contributed by atoms with van der Waals surface area (Å²) in [6.07, 6.45) is -4.41. The molecule has 1 aliphatic heterocycles. The maximum absolute atomic E-state index is 12.7. The highest BCUT2D eigenvalue weighted by Gasteiger charge is 2.40. The Morgan fingerprint density at radius 1 is 1.23 bits per heavy atom. The SMILES string of the molecule is CC(C)(C)N1C[C@@H](C#N)[C@H](c2ccc(C(F)(F)F)cc2Cl)C1. The van der Waals surface area contributed by atoms with E-state index in [9.17, 15) is 18.4 Å². The van der Waals surface area contributed by atoms with Gasteiger partial charge in [0.2, 0.25) is 0 Å². The predicted molar refractivity (Wildman–Crippen MR) is 79.6 cm³/mol. The van der Waals surface area contributed by atoms with Crippen molar-refractivity contribution in [1.29, 1.82) is 5.26 Å². The average molecular weight is 331 g/mol. The first-order chi connectivity index (χ1) is 10.0. The lowest BCUT2D eigenvalue weighted by molar-refractivity contribution is -0.137. The van der Waals surface area contributed by atoms with E-state index >= 15 is 0 Å². The van der Waals surface area contributed by atoms with E-state index in [1.165, 1.54) is 6.07 Å². The zero-order valence-electron chi connectivity index (χ0n) is 12.7. The van der Waals surface area contributed by atoms with Crippen molar-refractivity contribution in [1.82, 2.24) is 4.90 Å². The second kappa shape index (κ2) is 5.75. The van der Waals surface area contributed by atoms with Crippen LogP contribution in [0.4, 0.5) is 13.2 Å². The summed E-state index contributed by atoms with van der Waals surface area (Å²) in [5.74, 6) is -0.438. The lowest BCUT2D eigenvalue weighted by Gasteiger charge is -2.31. The molecule has 120 valence electrons. The number of nitrogens with zero attached hydrogens (tertiary/aromatic N) is 2. The molecule has 0 aromatic heterocycles. The fraction of sp³-hybridized carbons (Fsp3) is 0.562. The Morgan fingerprint density at radius 3 is 2.32 bits per heavy atom. The van der Waals surface area contributed by atoms with Crippen LogP contribution in [0.1, 0.15) is 37.8 Å². The molecule has 0 saturated carbocycles. The fourth-order valence-corrected chi connectivity index (χ4v) is 3.12. The van der Waals surface area contributed by atoms with Crippen molar-refractivity contribution in [3.05, 3.63) is 34.3 Å². The third-order valence-corrected chi connectivity index (χ3v) is 4.49. The smallest absolute Gasteiger partial charge is 0.297 e. The van der Waals surface area contributed by atoms with Crippen LogP contribution in [-0.4, -0.2) is 23.5 Å². The van der Waals surface area contributed by atoms with E-state index in [1.807, 2.05) is 0 Å². The Labute approximate surface area is 133 Å². The van der Waals surface area contributed by atoms with Crippen LogP contribution < -0.4 is 0 Å². The largest absolute Gasteiger partial charge is 0.416 e. The summed E-state index contributed by atoms with van der Waals surface area (Å²) in [7, 11) is 0. The Kier molecular flexibility index (Phi) is 4.47.